The topological polar surface area (TPSA) is 3.24 Å². The van der Waals surface area contributed by atoms with E-state index in [-0.39, 0.29) is 10.8 Å². The Hall–Kier alpha value is -5.40. The maximum absolute atomic E-state index is 2.49. The molecule has 7 aromatic rings. The molecule has 0 aromatic heterocycles. The van der Waals surface area contributed by atoms with Crippen LogP contribution in [0.4, 0.5) is 17.1 Å². The Morgan fingerprint density at radius 1 is 0.367 bits per heavy atom. The van der Waals surface area contributed by atoms with Crippen LogP contribution in [-0.4, -0.2) is 0 Å². The third-order valence-electron chi connectivity index (χ3n) is 9.61. The molecule has 0 bridgehead atoms. The molecule has 0 heterocycles. The van der Waals surface area contributed by atoms with Crippen LogP contribution in [0.25, 0.3) is 44.2 Å². The van der Waals surface area contributed by atoms with E-state index in [9.17, 15) is 0 Å². The Balaban J connectivity index is 1.55. The number of fused-ring (bicyclic) bond motifs is 1. The average Bonchev–Trinajstić information content (AvgIpc) is 3.12. The van der Waals surface area contributed by atoms with Gasteiger partial charge in [0.2, 0.25) is 0 Å². The largest absolute Gasteiger partial charge is 0.309 e. The molecule has 7 rings (SSSR count). The lowest BCUT2D eigenvalue weighted by molar-refractivity contribution is 0.590. The highest BCUT2D eigenvalue weighted by atomic mass is 15.1. The summed E-state index contributed by atoms with van der Waals surface area (Å²) in [4.78, 5) is 2.49. The molecule has 0 atom stereocenters. The first-order valence-electron chi connectivity index (χ1n) is 17.4. The third kappa shape index (κ3) is 6.42. The van der Waals surface area contributed by atoms with Crippen LogP contribution < -0.4 is 4.90 Å². The molecular weight excluding hydrogens is 591 g/mol. The van der Waals surface area contributed by atoms with Gasteiger partial charge in [-0.25, -0.2) is 0 Å². The van der Waals surface area contributed by atoms with E-state index < -0.39 is 0 Å². The van der Waals surface area contributed by atoms with Gasteiger partial charge in [0.1, 0.15) is 0 Å². The smallest absolute Gasteiger partial charge is 0.0543 e. The number of hydrogen-bond donors (Lipinski definition) is 0. The highest BCUT2D eigenvalue weighted by molar-refractivity contribution is 6.09. The summed E-state index contributed by atoms with van der Waals surface area (Å²) in [5.74, 6) is 0. The molecule has 0 aliphatic heterocycles. The molecule has 49 heavy (non-hydrogen) atoms. The minimum atomic E-state index is -0.0224. The summed E-state index contributed by atoms with van der Waals surface area (Å²) in [5.41, 5.74) is 13.4. The number of rotatable bonds is 6. The number of nitrogens with zero attached hydrogens (tertiary/aromatic N) is 1. The summed E-state index contributed by atoms with van der Waals surface area (Å²) < 4.78 is 0. The Kier molecular flexibility index (Phi) is 8.47. The van der Waals surface area contributed by atoms with Crippen LogP contribution in [0.3, 0.4) is 0 Å². The molecule has 0 unspecified atom stereocenters. The van der Waals surface area contributed by atoms with Gasteiger partial charge in [0.15, 0.2) is 0 Å². The minimum absolute atomic E-state index is 0.0224. The highest BCUT2D eigenvalue weighted by Gasteiger charge is 2.25. The summed E-state index contributed by atoms with van der Waals surface area (Å²) in [7, 11) is 0. The van der Waals surface area contributed by atoms with Gasteiger partial charge in [-0.3, -0.25) is 0 Å². The minimum Gasteiger partial charge on any atom is -0.309 e. The Bertz CT molecular complexity index is 2210. The molecule has 0 radical (unpaired) electrons. The van der Waals surface area contributed by atoms with E-state index in [1.807, 2.05) is 0 Å². The van der Waals surface area contributed by atoms with Crippen molar-refractivity contribution >= 4 is 27.8 Å². The Labute approximate surface area is 292 Å². The summed E-state index contributed by atoms with van der Waals surface area (Å²) in [6.07, 6.45) is 0. The van der Waals surface area contributed by atoms with E-state index in [4.69, 9.17) is 0 Å². The van der Waals surface area contributed by atoms with Gasteiger partial charge in [0.25, 0.3) is 0 Å². The highest BCUT2D eigenvalue weighted by Crippen LogP contribution is 2.48. The maximum Gasteiger partial charge on any atom is 0.0543 e. The summed E-state index contributed by atoms with van der Waals surface area (Å²) in [6.45, 7) is 13.7. The Morgan fingerprint density at radius 2 is 0.878 bits per heavy atom. The fourth-order valence-corrected chi connectivity index (χ4v) is 6.88. The second-order valence-electron chi connectivity index (χ2n) is 15.1. The number of hydrogen-bond acceptors (Lipinski definition) is 1. The molecule has 0 aliphatic carbocycles. The predicted molar refractivity (Wildman–Crippen MR) is 212 cm³/mol. The zero-order valence-electron chi connectivity index (χ0n) is 29.5. The van der Waals surface area contributed by atoms with Crippen molar-refractivity contribution in [3.05, 3.63) is 175 Å². The number of benzene rings is 7. The van der Waals surface area contributed by atoms with Crippen LogP contribution in [0.15, 0.2) is 164 Å². The normalized spacial score (nSPS) is 11.9. The third-order valence-corrected chi connectivity index (χ3v) is 9.61. The molecule has 0 fully saturated rings. The summed E-state index contributed by atoms with van der Waals surface area (Å²) in [5, 5.41) is 2.49. The second-order valence-corrected chi connectivity index (χ2v) is 15.1. The molecular formula is C48H45N. The standard InChI is InChI=1S/C48H45N/c1-47(2,3)37-27-30-39(31-28-37)49(45-33-38(48(4,5)6)29-32-40(45)34-17-9-7-10-18-34)44-26-14-13-23-42(44)43-25-16-22-36-21-15-24-41(46(36)43)35-19-11-8-12-20-35/h7-33H,1-6H3. The van der Waals surface area contributed by atoms with E-state index in [0.717, 1.165) is 17.1 Å². The fraction of sp³-hybridized carbons (Fsp3) is 0.167. The summed E-state index contributed by atoms with van der Waals surface area (Å²) in [6, 6.07) is 60.1. The molecule has 1 nitrogen and oxygen atoms in total. The predicted octanol–water partition coefficient (Wildman–Crippen LogP) is 13.9. The van der Waals surface area contributed by atoms with Gasteiger partial charge in [-0.2, -0.15) is 0 Å². The van der Waals surface area contributed by atoms with Crippen molar-refractivity contribution in [1.82, 2.24) is 0 Å². The molecule has 0 amide bonds. The van der Waals surface area contributed by atoms with Gasteiger partial charge in [0, 0.05) is 16.8 Å². The van der Waals surface area contributed by atoms with E-state index in [0.29, 0.717) is 0 Å². The van der Waals surface area contributed by atoms with Gasteiger partial charge in [-0.05, 0) is 79.2 Å². The van der Waals surface area contributed by atoms with E-state index >= 15 is 0 Å². The van der Waals surface area contributed by atoms with Crippen molar-refractivity contribution in [3.8, 4) is 33.4 Å². The van der Waals surface area contributed by atoms with Gasteiger partial charge in [-0.1, -0.05) is 181 Å². The van der Waals surface area contributed by atoms with Crippen LogP contribution in [-0.2, 0) is 10.8 Å². The van der Waals surface area contributed by atoms with Crippen molar-refractivity contribution in [2.45, 2.75) is 52.4 Å². The SMILES string of the molecule is CC(C)(C)c1ccc(N(c2cc(C(C)(C)C)ccc2-c2ccccc2)c2ccccc2-c2cccc3cccc(-c4ccccc4)c23)cc1. The lowest BCUT2D eigenvalue weighted by atomic mass is 9.84. The molecule has 0 aliphatic rings. The fourth-order valence-electron chi connectivity index (χ4n) is 6.88. The van der Waals surface area contributed by atoms with Crippen molar-refractivity contribution in [3.63, 3.8) is 0 Å². The van der Waals surface area contributed by atoms with E-state index in [2.05, 4.69) is 210 Å². The molecule has 0 saturated carbocycles. The Morgan fingerprint density at radius 3 is 1.49 bits per heavy atom. The van der Waals surface area contributed by atoms with Gasteiger partial charge >= 0.3 is 0 Å². The molecule has 0 N–H and O–H groups in total. The van der Waals surface area contributed by atoms with Crippen molar-refractivity contribution in [2.24, 2.45) is 0 Å². The first-order valence-corrected chi connectivity index (χ1v) is 17.4. The lowest BCUT2D eigenvalue weighted by Crippen LogP contribution is -2.17. The van der Waals surface area contributed by atoms with Crippen LogP contribution >= 0.6 is 0 Å². The molecule has 242 valence electrons. The van der Waals surface area contributed by atoms with Gasteiger partial charge in [0.05, 0.1) is 11.4 Å². The van der Waals surface area contributed by atoms with E-state index in [1.165, 1.54) is 55.3 Å². The maximum atomic E-state index is 2.49. The first-order chi connectivity index (χ1) is 23.6. The van der Waals surface area contributed by atoms with Crippen molar-refractivity contribution < 1.29 is 0 Å². The molecule has 7 aromatic carbocycles. The van der Waals surface area contributed by atoms with Crippen molar-refractivity contribution in [2.75, 3.05) is 4.90 Å². The monoisotopic (exact) mass is 635 g/mol. The van der Waals surface area contributed by atoms with Crippen LogP contribution in [0.2, 0.25) is 0 Å². The lowest BCUT2D eigenvalue weighted by Gasteiger charge is -2.32. The number of anilines is 3. The molecule has 1 heteroatoms. The van der Waals surface area contributed by atoms with E-state index in [1.54, 1.807) is 0 Å². The quantitative estimate of drug-likeness (QED) is 0.176. The molecule has 0 saturated heterocycles. The summed E-state index contributed by atoms with van der Waals surface area (Å²) >= 11 is 0. The van der Waals surface area contributed by atoms with Gasteiger partial charge < -0.3 is 4.90 Å². The average molecular weight is 636 g/mol. The molecule has 0 spiro atoms. The zero-order valence-corrected chi connectivity index (χ0v) is 29.5. The van der Waals surface area contributed by atoms with Gasteiger partial charge in [-0.15, -0.1) is 0 Å². The number of para-hydroxylation sites is 1. The second kappa shape index (κ2) is 12.9. The van der Waals surface area contributed by atoms with Crippen molar-refractivity contribution in [1.29, 1.82) is 0 Å². The van der Waals surface area contributed by atoms with Crippen LogP contribution in [0, 0.1) is 0 Å². The zero-order chi connectivity index (χ0) is 34.2. The van der Waals surface area contributed by atoms with Crippen LogP contribution in [0.5, 0.6) is 0 Å². The first kappa shape index (κ1) is 32.2. The van der Waals surface area contributed by atoms with Crippen LogP contribution in [0.1, 0.15) is 52.7 Å².